The van der Waals surface area contributed by atoms with E-state index in [1.807, 2.05) is 0 Å². The molecule has 0 aliphatic rings. The van der Waals surface area contributed by atoms with Crippen LogP contribution in [0.3, 0.4) is 0 Å². The minimum atomic E-state index is -0.465. The molecule has 108 valence electrons. The molecule has 0 spiro atoms. The van der Waals surface area contributed by atoms with Gasteiger partial charge in [0.2, 0.25) is 5.91 Å². The van der Waals surface area contributed by atoms with E-state index in [9.17, 15) is 14.9 Å². The van der Waals surface area contributed by atoms with Crippen molar-refractivity contribution in [3.05, 3.63) is 69.8 Å². The first-order valence-corrected chi connectivity index (χ1v) is 6.32. The highest BCUT2D eigenvalue weighted by molar-refractivity contribution is 5.78. The van der Waals surface area contributed by atoms with Gasteiger partial charge in [-0.3, -0.25) is 14.9 Å². The lowest BCUT2D eigenvalue weighted by molar-refractivity contribution is -0.384. The summed E-state index contributed by atoms with van der Waals surface area (Å²) >= 11 is 0. The second kappa shape index (κ2) is 6.51. The van der Waals surface area contributed by atoms with E-state index in [2.05, 4.69) is 5.32 Å². The normalized spacial score (nSPS) is 10.1. The monoisotopic (exact) mass is 286 g/mol. The number of phenols is 1. The van der Waals surface area contributed by atoms with Crippen molar-refractivity contribution in [3.8, 4) is 5.75 Å². The molecular formula is C15H14N2O4. The summed E-state index contributed by atoms with van der Waals surface area (Å²) in [6, 6.07) is 12.4. The number of non-ortho nitro benzene ring substituents is 1. The van der Waals surface area contributed by atoms with Crippen molar-refractivity contribution in [2.75, 3.05) is 0 Å². The molecule has 0 atom stereocenters. The SMILES string of the molecule is O=C(Cc1ccc(O)cc1)NCc1ccc([N+](=O)[O-])cc1. The van der Waals surface area contributed by atoms with Crippen LogP contribution >= 0.6 is 0 Å². The van der Waals surface area contributed by atoms with Gasteiger partial charge in [-0.2, -0.15) is 0 Å². The van der Waals surface area contributed by atoms with Crippen LogP contribution in [0.1, 0.15) is 11.1 Å². The Labute approximate surface area is 121 Å². The minimum Gasteiger partial charge on any atom is -0.508 e. The summed E-state index contributed by atoms with van der Waals surface area (Å²) in [5, 5.41) is 22.4. The lowest BCUT2D eigenvalue weighted by Crippen LogP contribution is -2.24. The molecular weight excluding hydrogens is 272 g/mol. The fourth-order valence-corrected chi connectivity index (χ4v) is 1.80. The minimum absolute atomic E-state index is 0.0224. The third-order valence-electron chi connectivity index (χ3n) is 2.94. The van der Waals surface area contributed by atoms with Crippen molar-refractivity contribution in [3.63, 3.8) is 0 Å². The van der Waals surface area contributed by atoms with E-state index < -0.39 is 4.92 Å². The van der Waals surface area contributed by atoms with Crippen LogP contribution in [0.5, 0.6) is 5.75 Å². The molecule has 0 unspecified atom stereocenters. The quantitative estimate of drug-likeness (QED) is 0.650. The summed E-state index contributed by atoms with van der Waals surface area (Å²) in [4.78, 5) is 21.8. The molecule has 2 aromatic rings. The first-order chi connectivity index (χ1) is 10.0. The lowest BCUT2D eigenvalue weighted by Gasteiger charge is -2.05. The number of nitrogens with one attached hydrogen (secondary N) is 1. The molecule has 2 N–H and O–H groups in total. The maximum Gasteiger partial charge on any atom is 0.269 e. The number of aromatic hydroxyl groups is 1. The molecule has 0 saturated carbocycles. The second-order valence-corrected chi connectivity index (χ2v) is 4.54. The average Bonchev–Trinajstić information content (AvgIpc) is 2.48. The van der Waals surface area contributed by atoms with Crippen molar-refractivity contribution in [1.29, 1.82) is 0 Å². The van der Waals surface area contributed by atoms with E-state index in [4.69, 9.17) is 5.11 Å². The summed E-state index contributed by atoms with van der Waals surface area (Å²) < 4.78 is 0. The Kier molecular flexibility index (Phi) is 4.50. The highest BCUT2D eigenvalue weighted by atomic mass is 16.6. The lowest BCUT2D eigenvalue weighted by atomic mass is 10.1. The maximum absolute atomic E-state index is 11.8. The zero-order valence-electron chi connectivity index (χ0n) is 11.2. The highest BCUT2D eigenvalue weighted by Crippen LogP contribution is 2.12. The molecule has 0 aliphatic heterocycles. The maximum atomic E-state index is 11.8. The molecule has 2 aromatic carbocycles. The van der Waals surface area contributed by atoms with E-state index >= 15 is 0 Å². The molecule has 2 rings (SSSR count). The predicted molar refractivity (Wildman–Crippen MR) is 76.8 cm³/mol. The number of carbonyl (C=O) groups is 1. The van der Waals surface area contributed by atoms with Gasteiger partial charge in [-0.1, -0.05) is 24.3 Å². The number of nitro groups is 1. The Balaban J connectivity index is 1.86. The standard InChI is InChI=1S/C15H14N2O4/c18-14-7-3-11(4-8-14)9-15(19)16-10-12-1-5-13(6-2-12)17(20)21/h1-8,18H,9-10H2,(H,16,19). The van der Waals surface area contributed by atoms with Crippen LogP contribution in [0.25, 0.3) is 0 Å². The van der Waals surface area contributed by atoms with Gasteiger partial charge in [0, 0.05) is 18.7 Å². The summed E-state index contributed by atoms with van der Waals surface area (Å²) in [5.41, 5.74) is 1.61. The first-order valence-electron chi connectivity index (χ1n) is 6.32. The van der Waals surface area contributed by atoms with Gasteiger partial charge in [0.05, 0.1) is 11.3 Å². The zero-order chi connectivity index (χ0) is 15.2. The van der Waals surface area contributed by atoms with E-state index in [0.29, 0.717) is 6.54 Å². The average molecular weight is 286 g/mol. The Morgan fingerprint density at radius 3 is 2.19 bits per heavy atom. The summed E-state index contributed by atoms with van der Waals surface area (Å²) in [5.74, 6) is 0.00378. The Bertz CT molecular complexity index is 636. The molecule has 0 fully saturated rings. The van der Waals surface area contributed by atoms with Gasteiger partial charge in [0.25, 0.3) is 5.69 Å². The van der Waals surface area contributed by atoms with Crippen molar-refractivity contribution in [2.24, 2.45) is 0 Å². The van der Waals surface area contributed by atoms with Gasteiger partial charge in [-0.15, -0.1) is 0 Å². The number of benzene rings is 2. The number of rotatable bonds is 5. The molecule has 0 bridgehead atoms. The van der Waals surface area contributed by atoms with Crippen LogP contribution < -0.4 is 5.32 Å². The largest absolute Gasteiger partial charge is 0.508 e. The highest BCUT2D eigenvalue weighted by Gasteiger charge is 2.06. The van der Waals surface area contributed by atoms with Gasteiger partial charge in [-0.25, -0.2) is 0 Å². The van der Waals surface area contributed by atoms with E-state index in [-0.39, 0.29) is 23.8 Å². The molecule has 6 nitrogen and oxygen atoms in total. The van der Waals surface area contributed by atoms with Crippen LogP contribution in [0, 0.1) is 10.1 Å². The number of amides is 1. The summed E-state index contributed by atoms with van der Waals surface area (Å²) in [6.45, 7) is 0.314. The van der Waals surface area contributed by atoms with Crippen LogP contribution in [0.2, 0.25) is 0 Å². The topological polar surface area (TPSA) is 92.5 Å². The van der Waals surface area contributed by atoms with Crippen molar-refractivity contribution in [2.45, 2.75) is 13.0 Å². The van der Waals surface area contributed by atoms with Gasteiger partial charge in [0.1, 0.15) is 5.75 Å². The molecule has 0 radical (unpaired) electrons. The summed E-state index contributed by atoms with van der Waals surface area (Å²) in [7, 11) is 0. The number of phenolic OH excluding ortho intramolecular Hbond substituents is 1. The van der Waals surface area contributed by atoms with Gasteiger partial charge in [0.15, 0.2) is 0 Å². The van der Waals surface area contributed by atoms with Crippen molar-refractivity contribution >= 4 is 11.6 Å². The number of nitro benzene ring substituents is 1. The van der Waals surface area contributed by atoms with Crippen LogP contribution in [0.15, 0.2) is 48.5 Å². The molecule has 0 aromatic heterocycles. The Hall–Kier alpha value is -2.89. The number of hydrogen-bond acceptors (Lipinski definition) is 4. The van der Waals surface area contributed by atoms with Crippen LogP contribution in [-0.4, -0.2) is 15.9 Å². The van der Waals surface area contributed by atoms with Gasteiger partial charge < -0.3 is 10.4 Å². The number of hydrogen-bond donors (Lipinski definition) is 2. The van der Waals surface area contributed by atoms with E-state index in [1.165, 1.54) is 24.3 Å². The number of nitrogens with zero attached hydrogens (tertiary/aromatic N) is 1. The van der Waals surface area contributed by atoms with Gasteiger partial charge >= 0.3 is 0 Å². The Morgan fingerprint density at radius 1 is 1.05 bits per heavy atom. The third-order valence-corrected chi connectivity index (χ3v) is 2.94. The second-order valence-electron chi connectivity index (χ2n) is 4.54. The van der Waals surface area contributed by atoms with Crippen molar-refractivity contribution in [1.82, 2.24) is 5.32 Å². The number of carbonyl (C=O) groups excluding carboxylic acids is 1. The molecule has 0 heterocycles. The fourth-order valence-electron chi connectivity index (χ4n) is 1.80. The first kappa shape index (κ1) is 14.5. The fraction of sp³-hybridized carbons (Fsp3) is 0.133. The molecule has 1 amide bonds. The molecule has 0 saturated heterocycles. The molecule has 6 heteroatoms. The van der Waals surface area contributed by atoms with Crippen LogP contribution in [-0.2, 0) is 17.8 Å². The summed E-state index contributed by atoms with van der Waals surface area (Å²) in [6.07, 6.45) is 0.216. The van der Waals surface area contributed by atoms with Crippen molar-refractivity contribution < 1.29 is 14.8 Å². The Morgan fingerprint density at radius 2 is 1.62 bits per heavy atom. The third kappa shape index (κ3) is 4.31. The van der Waals surface area contributed by atoms with E-state index in [1.54, 1.807) is 24.3 Å². The molecule has 0 aliphatic carbocycles. The van der Waals surface area contributed by atoms with Crippen LogP contribution in [0.4, 0.5) is 5.69 Å². The van der Waals surface area contributed by atoms with E-state index in [0.717, 1.165) is 11.1 Å². The van der Waals surface area contributed by atoms with Gasteiger partial charge in [-0.05, 0) is 23.3 Å². The molecule has 21 heavy (non-hydrogen) atoms. The predicted octanol–water partition coefficient (Wildman–Crippen LogP) is 2.16. The zero-order valence-corrected chi connectivity index (χ0v) is 11.2. The smallest absolute Gasteiger partial charge is 0.269 e.